The lowest BCUT2D eigenvalue weighted by atomic mass is 10.0. The highest BCUT2D eigenvalue weighted by Crippen LogP contribution is 2.02. The third-order valence-electron chi connectivity index (χ3n) is 1.76. The van der Waals surface area contributed by atoms with Gasteiger partial charge >= 0.3 is 0 Å². The zero-order valence-electron chi connectivity index (χ0n) is 8.99. The average Bonchev–Trinajstić information content (AvgIpc) is 1.97. The fourth-order valence-corrected chi connectivity index (χ4v) is 1.59. The Morgan fingerprint density at radius 1 is 1.36 bits per heavy atom. The highest BCUT2D eigenvalue weighted by Gasteiger charge is 2.20. The van der Waals surface area contributed by atoms with E-state index in [1.165, 1.54) is 13.2 Å². The number of rotatable bonds is 5. The maximum atomic E-state index is 11.2. The van der Waals surface area contributed by atoms with E-state index in [9.17, 15) is 13.8 Å². The van der Waals surface area contributed by atoms with E-state index in [1.807, 2.05) is 13.8 Å². The van der Waals surface area contributed by atoms with Crippen LogP contribution in [-0.2, 0) is 20.4 Å². The highest BCUT2D eigenvalue weighted by molar-refractivity contribution is 7.85. The van der Waals surface area contributed by atoms with Gasteiger partial charge in [0.05, 0.1) is 6.04 Å². The zero-order chi connectivity index (χ0) is 11.3. The van der Waals surface area contributed by atoms with Crippen LogP contribution in [0.2, 0.25) is 0 Å². The van der Waals surface area contributed by atoms with Crippen LogP contribution in [0, 0.1) is 5.92 Å². The van der Waals surface area contributed by atoms with Crippen molar-refractivity contribution in [3.8, 4) is 0 Å². The number of amides is 1. The van der Waals surface area contributed by atoms with E-state index in [-0.39, 0.29) is 23.4 Å². The number of nitrogens with one attached hydrogen (secondary N) is 1. The van der Waals surface area contributed by atoms with Gasteiger partial charge in [0.2, 0.25) is 5.91 Å². The second-order valence-electron chi connectivity index (χ2n) is 3.62. The van der Waals surface area contributed by atoms with Crippen molar-refractivity contribution in [1.29, 1.82) is 0 Å². The molecule has 82 valence electrons. The Morgan fingerprint density at radius 2 is 1.86 bits per heavy atom. The van der Waals surface area contributed by atoms with Gasteiger partial charge in [-0.05, 0) is 12.8 Å². The summed E-state index contributed by atoms with van der Waals surface area (Å²) in [5.41, 5.74) is 0. The van der Waals surface area contributed by atoms with Crippen molar-refractivity contribution in [2.45, 2.75) is 26.8 Å². The summed E-state index contributed by atoms with van der Waals surface area (Å²) in [5.74, 6) is -0.395. The van der Waals surface area contributed by atoms with Crippen LogP contribution in [-0.4, -0.2) is 33.9 Å². The van der Waals surface area contributed by atoms with Crippen LogP contribution in [0.5, 0.6) is 0 Å². The van der Waals surface area contributed by atoms with Crippen LogP contribution in [0.15, 0.2) is 0 Å². The van der Waals surface area contributed by atoms with Crippen molar-refractivity contribution in [3.63, 3.8) is 0 Å². The van der Waals surface area contributed by atoms with E-state index in [1.54, 1.807) is 0 Å². The summed E-state index contributed by atoms with van der Waals surface area (Å²) in [6, 6.07) is -0.467. The van der Waals surface area contributed by atoms with E-state index in [4.69, 9.17) is 0 Å². The van der Waals surface area contributed by atoms with E-state index < -0.39 is 16.8 Å². The Bertz CT molecular complexity index is 250. The summed E-state index contributed by atoms with van der Waals surface area (Å²) in [6.45, 7) is 5.15. The normalized spacial score (nSPS) is 14.9. The largest absolute Gasteiger partial charge is 0.345 e. The molecule has 0 rings (SSSR count). The van der Waals surface area contributed by atoms with E-state index in [2.05, 4.69) is 5.32 Å². The summed E-state index contributed by atoms with van der Waals surface area (Å²) in [5, 5.41) is 2.57. The van der Waals surface area contributed by atoms with Gasteiger partial charge in [0.1, 0.15) is 5.75 Å². The summed E-state index contributed by atoms with van der Waals surface area (Å²) in [4.78, 5) is 22.3. The molecule has 1 amide bonds. The topological polar surface area (TPSA) is 63.2 Å². The molecule has 0 spiro atoms. The summed E-state index contributed by atoms with van der Waals surface area (Å²) >= 11 is 0. The molecule has 14 heavy (non-hydrogen) atoms. The molecule has 0 aliphatic carbocycles. The Morgan fingerprint density at radius 3 is 2.14 bits per heavy atom. The Hall–Kier alpha value is -0.710. The predicted molar refractivity (Wildman–Crippen MR) is 56.4 cm³/mol. The number of hydrogen-bond acceptors (Lipinski definition) is 3. The molecule has 0 aliphatic rings. The number of carbonyl (C=O) groups excluding carboxylic acids is 2. The first-order valence-corrected chi connectivity index (χ1v) is 6.17. The molecule has 0 radical (unpaired) electrons. The van der Waals surface area contributed by atoms with Crippen LogP contribution in [0.3, 0.4) is 0 Å². The standard InChI is InChI=1S/C9H17NO3S/c1-6(2)9(7(3)11)10-8(12)5-14(4)13/h6,9H,5H2,1-4H3,(H,10,12). The van der Waals surface area contributed by atoms with Gasteiger partial charge in [-0.3, -0.25) is 13.8 Å². The first kappa shape index (κ1) is 13.3. The Balaban J connectivity index is 4.24. The zero-order valence-corrected chi connectivity index (χ0v) is 9.81. The van der Waals surface area contributed by atoms with Crippen LogP contribution < -0.4 is 5.32 Å². The fourth-order valence-electron chi connectivity index (χ4n) is 1.14. The van der Waals surface area contributed by atoms with Crippen LogP contribution in [0.25, 0.3) is 0 Å². The summed E-state index contributed by atoms with van der Waals surface area (Å²) in [6.07, 6.45) is 1.46. The molecule has 4 nitrogen and oxygen atoms in total. The number of carbonyl (C=O) groups is 2. The van der Waals surface area contributed by atoms with Gasteiger partial charge in [0.15, 0.2) is 5.78 Å². The van der Waals surface area contributed by atoms with Crippen molar-refractivity contribution in [1.82, 2.24) is 5.32 Å². The quantitative estimate of drug-likeness (QED) is 0.713. The lowest BCUT2D eigenvalue weighted by Gasteiger charge is -2.18. The van der Waals surface area contributed by atoms with Crippen molar-refractivity contribution in [3.05, 3.63) is 0 Å². The molecule has 0 aromatic rings. The smallest absolute Gasteiger partial charge is 0.233 e. The third kappa shape index (κ3) is 5.11. The van der Waals surface area contributed by atoms with Crippen molar-refractivity contribution < 1.29 is 13.8 Å². The lowest BCUT2D eigenvalue weighted by molar-refractivity contribution is -0.126. The van der Waals surface area contributed by atoms with Crippen LogP contribution in [0.4, 0.5) is 0 Å². The first-order valence-electron chi connectivity index (χ1n) is 4.44. The molecular formula is C9H17NO3S. The molecule has 0 aliphatic heterocycles. The molecule has 0 saturated carbocycles. The molecule has 0 aromatic heterocycles. The van der Waals surface area contributed by atoms with E-state index in [0.29, 0.717) is 0 Å². The van der Waals surface area contributed by atoms with Gasteiger partial charge in [0, 0.05) is 17.1 Å². The third-order valence-corrected chi connectivity index (χ3v) is 2.42. The molecule has 0 bridgehead atoms. The number of ketones is 1. The highest BCUT2D eigenvalue weighted by atomic mass is 32.2. The van der Waals surface area contributed by atoms with Crippen molar-refractivity contribution >= 4 is 22.5 Å². The second kappa shape index (κ2) is 5.90. The molecular weight excluding hydrogens is 202 g/mol. The molecule has 1 N–H and O–H groups in total. The Kier molecular flexibility index (Phi) is 5.60. The molecule has 0 saturated heterocycles. The molecule has 0 aromatic carbocycles. The van der Waals surface area contributed by atoms with E-state index >= 15 is 0 Å². The van der Waals surface area contributed by atoms with Gasteiger partial charge < -0.3 is 5.32 Å². The molecule has 0 fully saturated rings. The summed E-state index contributed by atoms with van der Waals surface area (Å²) in [7, 11) is -1.16. The molecule has 5 heteroatoms. The van der Waals surface area contributed by atoms with Gasteiger partial charge in [-0.2, -0.15) is 0 Å². The predicted octanol–water partition coefficient (Wildman–Crippen LogP) is 0.0947. The molecule has 2 atom stereocenters. The average molecular weight is 219 g/mol. The Labute approximate surface area is 86.9 Å². The second-order valence-corrected chi connectivity index (χ2v) is 5.05. The van der Waals surface area contributed by atoms with E-state index in [0.717, 1.165) is 0 Å². The lowest BCUT2D eigenvalue weighted by Crippen LogP contribution is -2.44. The minimum atomic E-state index is -1.16. The maximum Gasteiger partial charge on any atom is 0.233 e. The van der Waals surface area contributed by atoms with Gasteiger partial charge in [0.25, 0.3) is 0 Å². The number of Topliss-reactive ketones (excluding diaryl/α,β-unsaturated/α-hetero) is 1. The van der Waals surface area contributed by atoms with Crippen molar-refractivity contribution in [2.24, 2.45) is 5.92 Å². The van der Waals surface area contributed by atoms with Gasteiger partial charge in [-0.15, -0.1) is 0 Å². The minimum absolute atomic E-state index is 0.0451. The first-order chi connectivity index (χ1) is 6.34. The molecule has 0 heterocycles. The number of hydrogen-bond donors (Lipinski definition) is 1. The minimum Gasteiger partial charge on any atom is -0.345 e. The van der Waals surface area contributed by atoms with Crippen molar-refractivity contribution in [2.75, 3.05) is 12.0 Å². The molecule has 2 unspecified atom stereocenters. The fraction of sp³-hybridized carbons (Fsp3) is 0.778. The monoisotopic (exact) mass is 219 g/mol. The van der Waals surface area contributed by atoms with Crippen LogP contribution in [0.1, 0.15) is 20.8 Å². The maximum absolute atomic E-state index is 11.2. The van der Waals surface area contributed by atoms with Crippen LogP contribution >= 0.6 is 0 Å². The SMILES string of the molecule is CC(=O)C(NC(=O)CS(C)=O)C(C)C. The summed E-state index contributed by atoms with van der Waals surface area (Å²) < 4.78 is 10.7. The van der Waals surface area contributed by atoms with Gasteiger partial charge in [-0.1, -0.05) is 13.8 Å². The van der Waals surface area contributed by atoms with Gasteiger partial charge in [-0.25, -0.2) is 0 Å².